The fraction of sp³-hybridized carbons (Fsp3) is 0.385. The highest BCUT2D eigenvalue weighted by Crippen LogP contribution is 2.21. The lowest BCUT2D eigenvalue weighted by atomic mass is 10.2. The second-order valence-corrected chi connectivity index (χ2v) is 6.05. The molecule has 100 valence electrons. The van der Waals surface area contributed by atoms with Crippen molar-refractivity contribution in [2.24, 2.45) is 0 Å². The molecule has 0 aliphatic rings. The van der Waals surface area contributed by atoms with E-state index in [4.69, 9.17) is 5.11 Å². The van der Waals surface area contributed by atoms with E-state index in [1.165, 1.54) is 10.4 Å². The summed E-state index contributed by atoms with van der Waals surface area (Å²) in [6, 6.07) is 5.31. The van der Waals surface area contributed by atoms with Crippen LogP contribution in [0, 0.1) is 13.8 Å². The van der Waals surface area contributed by atoms with Gasteiger partial charge in [-0.25, -0.2) is 8.42 Å². The largest absolute Gasteiger partial charge is 0.395 e. The minimum Gasteiger partial charge on any atom is -0.395 e. The second kappa shape index (κ2) is 6.13. The number of benzene rings is 1. The normalized spacial score (nSPS) is 11.8. The van der Waals surface area contributed by atoms with Crippen LogP contribution < -0.4 is 0 Å². The van der Waals surface area contributed by atoms with Gasteiger partial charge in [-0.3, -0.25) is 0 Å². The average molecular weight is 269 g/mol. The summed E-state index contributed by atoms with van der Waals surface area (Å²) in [5.74, 6) is 0. The fourth-order valence-electron chi connectivity index (χ4n) is 1.69. The van der Waals surface area contributed by atoms with Crippen LogP contribution in [0.25, 0.3) is 0 Å². The molecule has 0 aliphatic carbocycles. The zero-order valence-corrected chi connectivity index (χ0v) is 11.6. The molecular weight excluding hydrogens is 250 g/mol. The second-order valence-electron chi connectivity index (χ2n) is 4.14. The van der Waals surface area contributed by atoms with Gasteiger partial charge in [0.1, 0.15) is 0 Å². The average Bonchev–Trinajstić information content (AvgIpc) is 2.32. The van der Waals surface area contributed by atoms with Crippen molar-refractivity contribution >= 4 is 10.0 Å². The van der Waals surface area contributed by atoms with Crippen LogP contribution in [0.4, 0.5) is 0 Å². The molecule has 0 amide bonds. The minimum atomic E-state index is -3.58. The highest BCUT2D eigenvalue weighted by Gasteiger charge is 2.24. The molecule has 1 rings (SSSR count). The third-order valence-electron chi connectivity index (χ3n) is 2.64. The maximum Gasteiger partial charge on any atom is 0.243 e. The summed E-state index contributed by atoms with van der Waals surface area (Å²) in [6.07, 6.45) is 1.51. The van der Waals surface area contributed by atoms with E-state index in [0.717, 1.165) is 5.56 Å². The fourth-order valence-corrected chi connectivity index (χ4v) is 3.40. The Bertz CT molecular complexity index is 523. The van der Waals surface area contributed by atoms with Gasteiger partial charge in [0.15, 0.2) is 0 Å². The number of hydrogen-bond donors (Lipinski definition) is 1. The highest BCUT2D eigenvalue weighted by atomic mass is 32.2. The van der Waals surface area contributed by atoms with Crippen LogP contribution in [0.15, 0.2) is 35.7 Å². The smallest absolute Gasteiger partial charge is 0.243 e. The highest BCUT2D eigenvalue weighted by molar-refractivity contribution is 7.89. The maximum absolute atomic E-state index is 12.5. The van der Waals surface area contributed by atoms with Gasteiger partial charge in [0.2, 0.25) is 10.0 Å². The molecule has 0 saturated heterocycles. The Balaban J connectivity index is 3.25. The molecule has 0 aliphatic heterocycles. The van der Waals surface area contributed by atoms with Crippen molar-refractivity contribution in [2.75, 3.05) is 19.7 Å². The standard InChI is InChI=1S/C13H19NO3S/c1-4-7-14(8-9-15)18(16,17)13-10-11(2)5-6-12(13)3/h4-6,10,15H,1,7-9H2,2-3H3. The molecule has 0 aromatic heterocycles. The first kappa shape index (κ1) is 14.9. The van der Waals surface area contributed by atoms with Gasteiger partial charge in [0, 0.05) is 13.1 Å². The van der Waals surface area contributed by atoms with Crippen molar-refractivity contribution < 1.29 is 13.5 Å². The first-order valence-electron chi connectivity index (χ1n) is 5.72. The van der Waals surface area contributed by atoms with E-state index in [9.17, 15) is 8.42 Å². The molecule has 0 fully saturated rings. The molecule has 0 unspecified atom stereocenters. The van der Waals surface area contributed by atoms with Gasteiger partial charge in [-0.2, -0.15) is 4.31 Å². The summed E-state index contributed by atoms with van der Waals surface area (Å²) >= 11 is 0. The van der Waals surface area contributed by atoms with Crippen molar-refractivity contribution in [1.82, 2.24) is 4.31 Å². The van der Waals surface area contributed by atoms with Gasteiger partial charge < -0.3 is 5.11 Å². The molecule has 1 aromatic rings. The summed E-state index contributed by atoms with van der Waals surface area (Å²) in [7, 11) is -3.58. The van der Waals surface area contributed by atoms with Crippen LogP contribution >= 0.6 is 0 Å². The Morgan fingerprint density at radius 2 is 2.06 bits per heavy atom. The summed E-state index contributed by atoms with van der Waals surface area (Å²) in [5, 5.41) is 8.96. The molecule has 18 heavy (non-hydrogen) atoms. The number of hydrogen-bond acceptors (Lipinski definition) is 3. The monoisotopic (exact) mass is 269 g/mol. The van der Waals surface area contributed by atoms with Crippen LogP contribution in [0.2, 0.25) is 0 Å². The molecule has 5 heteroatoms. The number of aryl methyl sites for hydroxylation is 2. The Kier molecular flexibility index (Phi) is 5.07. The molecule has 0 atom stereocenters. The van der Waals surface area contributed by atoms with Crippen molar-refractivity contribution in [2.45, 2.75) is 18.7 Å². The molecule has 0 heterocycles. The summed E-state index contributed by atoms with van der Waals surface area (Å²) < 4.78 is 26.1. The van der Waals surface area contributed by atoms with Gasteiger partial charge in [-0.05, 0) is 31.0 Å². The molecule has 4 nitrogen and oxygen atoms in total. The van der Waals surface area contributed by atoms with Gasteiger partial charge in [0.05, 0.1) is 11.5 Å². The number of nitrogens with zero attached hydrogens (tertiary/aromatic N) is 1. The Labute approximate surface area is 109 Å². The number of sulfonamides is 1. The molecule has 1 aromatic carbocycles. The van der Waals surface area contributed by atoms with Crippen LogP contribution in [0.1, 0.15) is 11.1 Å². The maximum atomic E-state index is 12.5. The van der Waals surface area contributed by atoms with E-state index in [1.54, 1.807) is 19.1 Å². The topological polar surface area (TPSA) is 57.6 Å². The van der Waals surface area contributed by atoms with Gasteiger partial charge in [-0.1, -0.05) is 18.2 Å². The molecular formula is C13H19NO3S. The van der Waals surface area contributed by atoms with E-state index in [2.05, 4.69) is 6.58 Å². The molecule has 0 spiro atoms. The lowest BCUT2D eigenvalue weighted by molar-refractivity contribution is 0.260. The zero-order chi connectivity index (χ0) is 13.8. The number of rotatable bonds is 6. The predicted octanol–water partition coefficient (Wildman–Crippen LogP) is 1.47. The summed E-state index contributed by atoms with van der Waals surface area (Å²) in [4.78, 5) is 0.290. The predicted molar refractivity (Wildman–Crippen MR) is 72.0 cm³/mol. The lowest BCUT2D eigenvalue weighted by Crippen LogP contribution is -2.34. The number of aliphatic hydroxyl groups excluding tert-OH is 1. The van der Waals surface area contributed by atoms with E-state index in [-0.39, 0.29) is 24.6 Å². The number of aliphatic hydroxyl groups is 1. The van der Waals surface area contributed by atoms with Crippen LogP contribution in [0.3, 0.4) is 0 Å². The molecule has 1 N–H and O–H groups in total. The van der Waals surface area contributed by atoms with E-state index in [1.807, 2.05) is 13.0 Å². The third-order valence-corrected chi connectivity index (χ3v) is 4.65. The Hall–Kier alpha value is -1.17. The molecule has 0 saturated carbocycles. The zero-order valence-electron chi connectivity index (χ0n) is 10.8. The third kappa shape index (κ3) is 3.19. The van der Waals surface area contributed by atoms with Gasteiger partial charge in [0.25, 0.3) is 0 Å². The summed E-state index contributed by atoms with van der Waals surface area (Å²) in [6.45, 7) is 7.20. The molecule has 0 radical (unpaired) electrons. The first-order chi connectivity index (χ1) is 8.43. The first-order valence-corrected chi connectivity index (χ1v) is 7.16. The Morgan fingerprint density at radius 1 is 1.39 bits per heavy atom. The Morgan fingerprint density at radius 3 is 2.61 bits per heavy atom. The van der Waals surface area contributed by atoms with Crippen LogP contribution in [-0.2, 0) is 10.0 Å². The van der Waals surface area contributed by atoms with Gasteiger partial charge in [-0.15, -0.1) is 6.58 Å². The van der Waals surface area contributed by atoms with Crippen LogP contribution in [-0.4, -0.2) is 37.5 Å². The molecule has 0 bridgehead atoms. The summed E-state index contributed by atoms with van der Waals surface area (Å²) in [5.41, 5.74) is 1.59. The van der Waals surface area contributed by atoms with Crippen LogP contribution in [0.5, 0.6) is 0 Å². The minimum absolute atomic E-state index is 0.0712. The van der Waals surface area contributed by atoms with E-state index >= 15 is 0 Å². The van der Waals surface area contributed by atoms with E-state index in [0.29, 0.717) is 5.56 Å². The van der Waals surface area contributed by atoms with Crippen molar-refractivity contribution in [3.8, 4) is 0 Å². The van der Waals surface area contributed by atoms with E-state index < -0.39 is 10.0 Å². The SMILES string of the molecule is C=CCN(CCO)S(=O)(=O)c1cc(C)ccc1C. The quantitative estimate of drug-likeness (QED) is 0.796. The lowest BCUT2D eigenvalue weighted by Gasteiger charge is -2.21. The van der Waals surface area contributed by atoms with Crippen molar-refractivity contribution in [3.05, 3.63) is 42.0 Å². The van der Waals surface area contributed by atoms with Crippen molar-refractivity contribution in [3.63, 3.8) is 0 Å². The van der Waals surface area contributed by atoms with Gasteiger partial charge >= 0.3 is 0 Å². The van der Waals surface area contributed by atoms with Crippen molar-refractivity contribution in [1.29, 1.82) is 0 Å².